The molecule has 9 aromatic carbocycles. The maximum atomic E-state index is 2.46. The molecule has 9 aromatic rings. The van der Waals surface area contributed by atoms with Gasteiger partial charge in [0.2, 0.25) is 0 Å². The molecule has 0 fully saturated rings. The zero-order chi connectivity index (χ0) is 39.3. The zero-order valence-corrected chi connectivity index (χ0v) is 33.2. The molecule has 0 aliphatic heterocycles. The second-order valence-corrected chi connectivity index (χ2v) is 16.8. The van der Waals surface area contributed by atoms with Crippen molar-refractivity contribution in [3.63, 3.8) is 0 Å². The van der Waals surface area contributed by atoms with E-state index in [9.17, 15) is 0 Å². The van der Waals surface area contributed by atoms with Crippen molar-refractivity contribution in [2.24, 2.45) is 0 Å². The Morgan fingerprint density at radius 1 is 0.271 bits per heavy atom. The first-order valence-electron chi connectivity index (χ1n) is 20.8. The van der Waals surface area contributed by atoms with E-state index >= 15 is 0 Å². The van der Waals surface area contributed by atoms with Gasteiger partial charge in [-0.15, -0.1) is 0 Å². The van der Waals surface area contributed by atoms with Gasteiger partial charge in [0, 0.05) is 22.5 Å². The van der Waals surface area contributed by atoms with Crippen LogP contribution in [0.15, 0.2) is 212 Å². The van der Waals surface area contributed by atoms with Gasteiger partial charge >= 0.3 is 0 Å². The normalized spacial score (nSPS) is 15.8. The molecule has 1 heteroatoms. The van der Waals surface area contributed by atoms with Gasteiger partial charge < -0.3 is 4.90 Å². The highest BCUT2D eigenvalue weighted by Gasteiger charge is 2.51. The Labute approximate surface area is 346 Å². The molecule has 3 aliphatic carbocycles. The van der Waals surface area contributed by atoms with Crippen LogP contribution >= 0.6 is 0 Å². The molecule has 0 amide bonds. The molecule has 0 heterocycles. The van der Waals surface area contributed by atoms with Crippen molar-refractivity contribution >= 4 is 17.1 Å². The molecule has 1 nitrogen and oxygen atoms in total. The summed E-state index contributed by atoms with van der Waals surface area (Å²) in [7, 11) is 0. The fraction of sp³-hybridized carbons (Fsp3) is 0.0690. The summed E-state index contributed by atoms with van der Waals surface area (Å²) >= 11 is 0. The summed E-state index contributed by atoms with van der Waals surface area (Å²) < 4.78 is 0. The first kappa shape index (κ1) is 33.9. The number of hydrogen-bond acceptors (Lipinski definition) is 1. The number of rotatable bonds is 5. The molecule has 3 aliphatic rings. The molecule has 59 heavy (non-hydrogen) atoms. The second kappa shape index (κ2) is 12.6. The largest absolute Gasteiger partial charge is 0.310 e. The standard InChI is InChI=1S/C58H41N/c1-57(2)51-22-12-9-19-45(51)48-32-30-44(37-56(48)57)59(42-28-25-40(26-29-42)38-15-5-3-6-16-38)43-31-34-55-50(36-43)47-21-11-14-24-53(47)58(55)52-23-13-10-20-46(52)49-35-41(27-33-54(49)58)39-17-7-4-8-18-39/h3-37H,1-2H3. The van der Waals surface area contributed by atoms with Crippen LogP contribution in [0, 0.1) is 0 Å². The molecule has 1 atom stereocenters. The van der Waals surface area contributed by atoms with Crippen molar-refractivity contribution in [1.82, 2.24) is 0 Å². The van der Waals surface area contributed by atoms with E-state index in [-0.39, 0.29) is 5.41 Å². The van der Waals surface area contributed by atoms with Crippen molar-refractivity contribution in [3.8, 4) is 55.6 Å². The van der Waals surface area contributed by atoms with Crippen molar-refractivity contribution in [3.05, 3.63) is 246 Å². The van der Waals surface area contributed by atoms with Crippen LogP contribution < -0.4 is 4.90 Å². The maximum absolute atomic E-state index is 2.46. The second-order valence-electron chi connectivity index (χ2n) is 16.8. The van der Waals surface area contributed by atoms with Gasteiger partial charge in [0.1, 0.15) is 0 Å². The van der Waals surface area contributed by atoms with Crippen molar-refractivity contribution in [2.75, 3.05) is 4.90 Å². The summed E-state index contributed by atoms with van der Waals surface area (Å²) in [6.07, 6.45) is 0. The predicted octanol–water partition coefficient (Wildman–Crippen LogP) is 15.1. The van der Waals surface area contributed by atoms with Crippen LogP contribution in [0.3, 0.4) is 0 Å². The molecular formula is C58H41N. The van der Waals surface area contributed by atoms with E-state index in [4.69, 9.17) is 0 Å². The van der Waals surface area contributed by atoms with Gasteiger partial charge in [-0.05, 0) is 131 Å². The van der Waals surface area contributed by atoms with E-state index in [1.165, 1.54) is 89.0 Å². The molecule has 0 bridgehead atoms. The molecule has 0 saturated carbocycles. The summed E-state index contributed by atoms with van der Waals surface area (Å²) in [5, 5.41) is 0. The highest BCUT2D eigenvalue weighted by atomic mass is 15.1. The fourth-order valence-corrected chi connectivity index (χ4v) is 10.8. The van der Waals surface area contributed by atoms with E-state index in [2.05, 4.69) is 231 Å². The van der Waals surface area contributed by atoms with E-state index in [1.807, 2.05) is 0 Å². The fourth-order valence-electron chi connectivity index (χ4n) is 10.8. The number of anilines is 3. The third kappa shape index (κ3) is 4.79. The van der Waals surface area contributed by atoms with Crippen LogP contribution in [0.2, 0.25) is 0 Å². The summed E-state index contributed by atoms with van der Waals surface area (Å²) in [5.74, 6) is 0. The number of benzene rings is 9. The first-order valence-corrected chi connectivity index (χ1v) is 20.8. The van der Waals surface area contributed by atoms with Gasteiger partial charge in [-0.1, -0.05) is 184 Å². The number of nitrogens with zero attached hydrogens (tertiary/aromatic N) is 1. The predicted molar refractivity (Wildman–Crippen MR) is 246 cm³/mol. The summed E-state index contributed by atoms with van der Waals surface area (Å²) in [6, 6.07) is 79.2. The monoisotopic (exact) mass is 751 g/mol. The molecule has 0 saturated heterocycles. The Hall–Kier alpha value is -7.22. The minimum atomic E-state index is -0.420. The molecular weight excluding hydrogens is 711 g/mol. The molecule has 1 unspecified atom stereocenters. The van der Waals surface area contributed by atoms with Crippen LogP contribution in [0.25, 0.3) is 55.6 Å². The van der Waals surface area contributed by atoms with Crippen LogP contribution in [0.5, 0.6) is 0 Å². The van der Waals surface area contributed by atoms with Crippen LogP contribution in [0.1, 0.15) is 47.2 Å². The van der Waals surface area contributed by atoms with Crippen LogP contribution in [0.4, 0.5) is 17.1 Å². The third-order valence-corrected chi connectivity index (χ3v) is 13.5. The molecule has 12 rings (SSSR count). The van der Waals surface area contributed by atoms with Gasteiger partial charge in [0.15, 0.2) is 0 Å². The quantitative estimate of drug-likeness (QED) is 0.169. The zero-order valence-electron chi connectivity index (χ0n) is 33.2. The Morgan fingerprint density at radius 2 is 0.678 bits per heavy atom. The molecule has 1 spiro atoms. The summed E-state index contributed by atoms with van der Waals surface area (Å²) in [5.41, 5.74) is 23.8. The molecule has 0 aromatic heterocycles. The van der Waals surface area contributed by atoms with Crippen LogP contribution in [-0.4, -0.2) is 0 Å². The van der Waals surface area contributed by atoms with E-state index in [0.717, 1.165) is 17.1 Å². The lowest BCUT2D eigenvalue weighted by atomic mass is 9.70. The van der Waals surface area contributed by atoms with Gasteiger partial charge in [-0.2, -0.15) is 0 Å². The lowest BCUT2D eigenvalue weighted by Gasteiger charge is -2.31. The first-order chi connectivity index (χ1) is 29.0. The van der Waals surface area contributed by atoms with E-state index < -0.39 is 5.41 Å². The lowest BCUT2D eigenvalue weighted by Crippen LogP contribution is -2.25. The minimum Gasteiger partial charge on any atom is -0.310 e. The average Bonchev–Trinajstić information content (AvgIpc) is 3.85. The van der Waals surface area contributed by atoms with E-state index in [1.54, 1.807) is 0 Å². The average molecular weight is 752 g/mol. The van der Waals surface area contributed by atoms with E-state index in [0.29, 0.717) is 0 Å². The maximum Gasteiger partial charge on any atom is 0.0725 e. The molecule has 0 N–H and O–H groups in total. The van der Waals surface area contributed by atoms with Gasteiger partial charge in [0.25, 0.3) is 0 Å². The van der Waals surface area contributed by atoms with Crippen molar-refractivity contribution in [2.45, 2.75) is 24.7 Å². The van der Waals surface area contributed by atoms with Crippen molar-refractivity contribution in [1.29, 1.82) is 0 Å². The summed E-state index contributed by atoms with van der Waals surface area (Å²) in [6.45, 7) is 4.73. The van der Waals surface area contributed by atoms with Gasteiger partial charge in [0.05, 0.1) is 5.41 Å². The molecule has 278 valence electrons. The Bertz CT molecular complexity index is 3120. The van der Waals surface area contributed by atoms with Crippen LogP contribution in [-0.2, 0) is 10.8 Å². The topological polar surface area (TPSA) is 3.24 Å². The Morgan fingerprint density at radius 3 is 1.32 bits per heavy atom. The number of fused-ring (bicyclic) bond motifs is 13. The van der Waals surface area contributed by atoms with Gasteiger partial charge in [-0.3, -0.25) is 0 Å². The highest BCUT2D eigenvalue weighted by Crippen LogP contribution is 2.63. The number of hydrogen-bond donors (Lipinski definition) is 0. The van der Waals surface area contributed by atoms with Gasteiger partial charge in [-0.25, -0.2) is 0 Å². The van der Waals surface area contributed by atoms with Crippen molar-refractivity contribution < 1.29 is 0 Å². The molecule has 0 radical (unpaired) electrons. The minimum absolute atomic E-state index is 0.113. The smallest absolute Gasteiger partial charge is 0.0725 e. The lowest BCUT2D eigenvalue weighted by molar-refractivity contribution is 0.660. The summed E-state index contributed by atoms with van der Waals surface area (Å²) in [4.78, 5) is 2.46. The Kier molecular flexibility index (Phi) is 7.26. The Balaban J connectivity index is 1.06. The SMILES string of the molecule is CC1(C)c2ccccc2-c2ccc(N(c3ccc(-c4ccccc4)cc3)c3ccc4c(c3)-c3ccccc3C43c4ccccc4-c4cc(-c5ccccc5)ccc43)cc21. The third-order valence-electron chi connectivity index (χ3n) is 13.5. The highest BCUT2D eigenvalue weighted by molar-refractivity contribution is 5.97.